The van der Waals surface area contributed by atoms with Crippen molar-refractivity contribution in [3.8, 4) is 5.75 Å². The van der Waals surface area contributed by atoms with E-state index in [-0.39, 0.29) is 23.8 Å². The van der Waals surface area contributed by atoms with Crippen LogP contribution in [0.5, 0.6) is 5.75 Å². The molecule has 1 atom stereocenters. The molecule has 180 valence electrons. The largest absolute Gasteiger partial charge is 0.483 e. The monoisotopic (exact) mass is 516 g/mol. The van der Waals surface area contributed by atoms with Crippen LogP contribution in [0.4, 0.5) is 0 Å². The Kier molecular flexibility index (Phi) is 9.53. The molecule has 33 heavy (non-hydrogen) atoms. The molecule has 0 unspecified atom stereocenters. The van der Waals surface area contributed by atoms with Gasteiger partial charge in [0.2, 0.25) is 5.91 Å². The van der Waals surface area contributed by atoms with Gasteiger partial charge in [-0.25, -0.2) is 0 Å². The molecule has 2 aromatic carbocycles. The van der Waals surface area contributed by atoms with E-state index in [1.807, 2.05) is 63.2 Å². The average Bonchev–Trinajstić information content (AvgIpc) is 2.74. The Bertz CT molecular complexity index is 966. The SMILES string of the molecule is Cc1ccccc1CN(C(=O)COc1ccc(C(C)(C)C)cc1Br)[C@@H](C)C(=O)NCC(C)C. The highest BCUT2D eigenvalue weighted by atomic mass is 79.9. The lowest BCUT2D eigenvalue weighted by Gasteiger charge is -2.29. The quantitative estimate of drug-likeness (QED) is 0.470. The standard InChI is InChI=1S/C27H37BrN2O3/c1-18(2)15-29-26(32)20(4)30(16-21-11-9-8-10-19(21)3)25(31)17-33-24-13-12-22(14-23(24)28)27(5,6)7/h8-14,18,20H,15-17H2,1-7H3,(H,29,32)/t20-/m0/s1. The van der Waals surface area contributed by atoms with E-state index in [1.165, 1.54) is 5.56 Å². The maximum atomic E-state index is 13.3. The van der Waals surface area contributed by atoms with E-state index in [4.69, 9.17) is 4.74 Å². The molecule has 6 heteroatoms. The first-order valence-corrected chi connectivity index (χ1v) is 12.2. The van der Waals surface area contributed by atoms with Crippen LogP contribution in [0.1, 0.15) is 58.2 Å². The van der Waals surface area contributed by atoms with Crippen molar-refractivity contribution >= 4 is 27.7 Å². The lowest BCUT2D eigenvalue weighted by Crippen LogP contribution is -2.49. The van der Waals surface area contributed by atoms with Crippen LogP contribution in [0, 0.1) is 12.8 Å². The Balaban J connectivity index is 2.19. The van der Waals surface area contributed by atoms with Crippen molar-refractivity contribution in [2.24, 2.45) is 5.92 Å². The minimum Gasteiger partial charge on any atom is -0.483 e. The first-order chi connectivity index (χ1) is 15.4. The molecule has 0 saturated heterocycles. The molecule has 0 heterocycles. The Morgan fingerprint density at radius 1 is 1.09 bits per heavy atom. The number of hydrogen-bond acceptors (Lipinski definition) is 3. The summed E-state index contributed by atoms with van der Waals surface area (Å²) in [6, 6.07) is 13.2. The van der Waals surface area contributed by atoms with E-state index in [0.717, 1.165) is 15.6 Å². The second-order valence-corrected chi connectivity index (χ2v) is 10.8. The van der Waals surface area contributed by atoms with E-state index in [2.05, 4.69) is 42.0 Å². The Morgan fingerprint density at radius 3 is 2.33 bits per heavy atom. The molecule has 0 aliphatic carbocycles. The first-order valence-electron chi connectivity index (χ1n) is 11.4. The van der Waals surface area contributed by atoms with E-state index < -0.39 is 6.04 Å². The van der Waals surface area contributed by atoms with Gasteiger partial charge in [-0.15, -0.1) is 0 Å². The van der Waals surface area contributed by atoms with Gasteiger partial charge in [0.15, 0.2) is 6.61 Å². The number of amides is 2. The summed E-state index contributed by atoms with van der Waals surface area (Å²) in [6.07, 6.45) is 0. The third-order valence-electron chi connectivity index (χ3n) is 5.60. The minimum absolute atomic E-state index is 0.0139. The van der Waals surface area contributed by atoms with Crippen molar-refractivity contribution in [1.29, 1.82) is 0 Å². The van der Waals surface area contributed by atoms with Crippen LogP contribution in [0.2, 0.25) is 0 Å². The highest BCUT2D eigenvalue weighted by Crippen LogP contribution is 2.31. The number of carbonyl (C=O) groups excluding carboxylic acids is 2. The number of carbonyl (C=O) groups is 2. The Labute approximate surface area is 207 Å². The number of rotatable bonds is 9. The number of aryl methyl sites for hydroxylation is 1. The Hall–Kier alpha value is -2.34. The van der Waals surface area contributed by atoms with Crippen molar-refractivity contribution in [3.05, 3.63) is 63.6 Å². The fourth-order valence-corrected chi connectivity index (χ4v) is 3.81. The van der Waals surface area contributed by atoms with E-state index in [1.54, 1.807) is 11.8 Å². The van der Waals surface area contributed by atoms with Crippen LogP contribution in [-0.2, 0) is 21.5 Å². The molecule has 0 radical (unpaired) electrons. The zero-order valence-corrected chi connectivity index (χ0v) is 22.5. The molecule has 0 aliphatic heterocycles. The third-order valence-corrected chi connectivity index (χ3v) is 6.22. The van der Waals surface area contributed by atoms with Gasteiger partial charge in [-0.1, -0.05) is 65.0 Å². The van der Waals surface area contributed by atoms with Crippen molar-refractivity contribution in [1.82, 2.24) is 10.2 Å². The minimum atomic E-state index is -0.619. The van der Waals surface area contributed by atoms with Gasteiger partial charge in [0.25, 0.3) is 5.91 Å². The van der Waals surface area contributed by atoms with Gasteiger partial charge in [-0.3, -0.25) is 9.59 Å². The maximum Gasteiger partial charge on any atom is 0.261 e. The number of benzene rings is 2. The molecule has 0 fully saturated rings. The van der Waals surface area contributed by atoms with E-state index in [9.17, 15) is 9.59 Å². The molecule has 0 bridgehead atoms. The molecular formula is C27H37BrN2O3. The number of nitrogens with zero attached hydrogens (tertiary/aromatic N) is 1. The van der Waals surface area contributed by atoms with Gasteiger partial charge in [0, 0.05) is 13.1 Å². The highest BCUT2D eigenvalue weighted by Gasteiger charge is 2.27. The summed E-state index contributed by atoms with van der Waals surface area (Å²) in [6.45, 7) is 15.0. The third kappa shape index (κ3) is 7.88. The van der Waals surface area contributed by atoms with Gasteiger partial charge in [-0.2, -0.15) is 0 Å². The number of hydrogen-bond donors (Lipinski definition) is 1. The summed E-state index contributed by atoms with van der Waals surface area (Å²) in [7, 11) is 0. The molecule has 2 rings (SSSR count). The summed E-state index contributed by atoms with van der Waals surface area (Å²) < 4.78 is 6.68. The first kappa shape index (κ1) is 26.9. The molecule has 2 amide bonds. The topological polar surface area (TPSA) is 58.6 Å². The van der Waals surface area contributed by atoms with Crippen LogP contribution in [0.3, 0.4) is 0 Å². The highest BCUT2D eigenvalue weighted by molar-refractivity contribution is 9.10. The fraction of sp³-hybridized carbons (Fsp3) is 0.481. The molecule has 2 aromatic rings. The predicted molar refractivity (Wildman–Crippen MR) is 137 cm³/mol. The van der Waals surface area contributed by atoms with E-state index in [0.29, 0.717) is 24.8 Å². The smallest absolute Gasteiger partial charge is 0.261 e. The van der Waals surface area contributed by atoms with Crippen LogP contribution >= 0.6 is 15.9 Å². The average molecular weight is 518 g/mol. The van der Waals surface area contributed by atoms with Crippen LogP contribution in [0.25, 0.3) is 0 Å². The zero-order chi connectivity index (χ0) is 24.8. The van der Waals surface area contributed by atoms with Gasteiger partial charge < -0.3 is 15.0 Å². The number of nitrogens with one attached hydrogen (secondary N) is 1. The lowest BCUT2D eigenvalue weighted by atomic mass is 9.87. The second-order valence-electron chi connectivity index (χ2n) is 9.95. The summed E-state index contributed by atoms with van der Waals surface area (Å²) in [5.41, 5.74) is 3.27. The predicted octanol–water partition coefficient (Wildman–Crippen LogP) is 5.62. The van der Waals surface area contributed by atoms with Gasteiger partial charge in [-0.05, 0) is 69.9 Å². The number of halogens is 1. The summed E-state index contributed by atoms with van der Waals surface area (Å²) in [4.78, 5) is 27.6. The Morgan fingerprint density at radius 2 is 1.76 bits per heavy atom. The lowest BCUT2D eigenvalue weighted by molar-refractivity contribution is -0.142. The van der Waals surface area contributed by atoms with Crippen molar-refractivity contribution in [2.75, 3.05) is 13.2 Å². The van der Waals surface area contributed by atoms with Crippen LogP contribution < -0.4 is 10.1 Å². The molecule has 0 spiro atoms. The molecule has 5 nitrogen and oxygen atoms in total. The van der Waals surface area contributed by atoms with Crippen LogP contribution in [0.15, 0.2) is 46.9 Å². The van der Waals surface area contributed by atoms with Gasteiger partial charge in [0.05, 0.1) is 4.47 Å². The fourth-order valence-electron chi connectivity index (χ4n) is 3.31. The molecule has 0 aromatic heterocycles. The molecule has 0 aliphatic rings. The molecule has 1 N–H and O–H groups in total. The van der Waals surface area contributed by atoms with Gasteiger partial charge in [0.1, 0.15) is 11.8 Å². The van der Waals surface area contributed by atoms with Crippen molar-refractivity contribution < 1.29 is 14.3 Å². The van der Waals surface area contributed by atoms with Crippen molar-refractivity contribution in [2.45, 2.75) is 66.5 Å². The van der Waals surface area contributed by atoms with E-state index >= 15 is 0 Å². The molecule has 0 saturated carbocycles. The normalized spacial score (nSPS) is 12.4. The molecular weight excluding hydrogens is 480 g/mol. The number of ether oxygens (including phenoxy) is 1. The summed E-state index contributed by atoms with van der Waals surface area (Å²) in [5.74, 6) is 0.529. The maximum absolute atomic E-state index is 13.3. The van der Waals surface area contributed by atoms with Gasteiger partial charge >= 0.3 is 0 Å². The second kappa shape index (κ2) is 11.7. The summed E-state index contributed by atoms with van der Waals surface area (Å²) in [5, 5.41) is 2.94. The van der Waals surface area contributed by atoms with Crippen molar-refractivity contribution in [3.63, 3.8) is 0 Å². The van der Waals surface area contributed by atoms with Crippen LogP contribution in [-0.4, -0.2) is 35.9 Å². The zero-order valence-electron chi connectivity index (χ0n) is 20.9. The summed E-state index contributed by atoms with van der Waals surface area (Å²) >= 11 is 3.56.